The maximum atomic E-state index is 10.7. The van der Waals surface area contributed by atoms with Crippen LogP contribution in [0.1, 0.15) is 177 Å². The topological polar surface area (TPSA) is 273 Å². The van der Waals surface area contributed by atoms with Crippen molar-refractivity contribution in [2.24, 2.45) is 0 Å². The number of aliphatic carboxylic acids is 3. The summed E-state index contributed by atoms with van der Waals surface area (Å²) in [4.78, 5) is 52.1. The first-order valence-corrected chi connectivity index (χ1v) is 38.2. The molecule has 5 aliphatic heterocycles. The third kappa shape index (κ3) is 41.5. The summed E-state index contributed by atoms with van der Waals surface area (Å²) in [7, 11) is 2.02. The third-order valence-electron chi connectivity index (χ3n) is 18.1. The Kier molecular flexibility index (Phi) is 48.0. The summed E-state index contributed by atoms with van der Waals surface area (Å²) < 4.78 is 0. The lowest BCUT2D eigenvalue weighted by Gasteiger charge is -2.21. The van der Waals surface area contributed by atoms with Gasteiger partial charge in [-0.05, 0) is 91.1 Å². The van der Waals surface area contributed by atoms with Crippen molar-refractivity contribution >= 4 is 36.1 Å². The van der Waals surface area contributed by atoms with Crippen molar-refractivity contribution < 1.29 is 39.9 Å². The van der Waals surface area contributed by atoms with Gasteiger partial charge in [0.15, 0.2) is 0 Å². The van der Waals surface area contributed by atoms with Gasteiger partial charge in [0.25, 0.3) is 0 Å². The fraction of sp³-hybridized carbons (Fsp3) is 0.385. The Hall–Kier alpha value is -12.0. The number of carboxylic acid groups (broad SMARTS) is 3. The van der Waals surface area contributed by atoms with Crippen molar-refractivity contribution in [1.82, 2.24) is 49.4 Å². The molecule has 5 aromatic carbocycles. The van der Waals surface area contributed by atoms with Crippen LogP contribution in [0.25, 0.3) is 18.2 Å². The SMILES string of the molecule is C.C.C1=CN(Cc2ccccc2)CN1CCCCCCCCCCCCN1C=CN(Cc2ccccc2)C1.C=CN1C=CN(CCCCCCCCCCCCN2C=CN(C=C)C2)C1.CN1C=CNC1.Cc1ccc(C=C(C#N)C(=O)[O-])cc1.N#CC(=Cc1ccc([O-])cc1)C(=O)O.N#CC(=Cc1ccc([O-])cc1)C(=O)O. The van der Waals surface area contributed by atoms with Gasteiger partial charge in [-0.2, -0.15) is 15.8 Å². The maximum absolute atomic E-state index is 10.7. The molecule has 21 heteroatoms. The van der Waals surface area contributed by atoms with Crippen LogP contribution in [0.4, 0.5) is 0 Å². The Bertz CT molecular complexity index is 3580. The summed E-state index contributed by atoms with van der Waals surface area (Å²) in [5.41, 5.74) is 4.48. The maximum Gasteiger partial charge on any atom is 0.346 e. The lowest BCUT2D eigenvalue weighted by Crippen LogP contribution is -2.25. The molecule has 0 aromatic heterocycles. The number of carbonyl (C=O) groups excluding carboxylic acids is 1. The number of aryl methyl sites for hydroxylation is 1. The minimum atomic E-state index is -1.45. The monoisotopic (exact) mass is 1520 g/mol. The third-order valence-corrected chi connectivity index (χ3v) is 18.1. The molecule has 0 radical (unpaired) electrons. The number of nitrogens with one attached hydrogen (secondary N) is 1. The van der Waals surface area contributed by atoms with Crippen molar-refractivity contribution in [3.63, 3.8) is 0 Å². The summed E-state index contributed by atoms with van der Waals surface area (Å²) in [5.74, 6) is -4.32. The lowest BCUT2D eigenvalue weighted by atomic mass is 10.1. The van der Waals surface area contributed by atoms with E-state index in [9.17, 15) is 29.7 Å². The van der Waals surface area contributed by atoms with Gasteiger partial charge >= 0.3 is 11.9 Å². The van der Waals surface area contributed by atoms with Gasteiger partial charge in [0.2, 0.25) is 0 Å². The number of benzene rings is 5. The van der Waals surface area contributed by atoms with Gasteiger partial charge in [0, 0.05) is 108 Å². The number of unbranched alkanes of at least 4 members (excludes halogenated alkanes) is 18. The molecule has 600 valence electrons. The predicted octanol–water partition coefficient (Wildman–Crippen LogP) is 16.0. The van der Waals surface area contributed by atoms with E-state index in [1.165, 1.54) is 232 Å². The first-order valence-electron chi connectivity index (χ1n) is 38.2. The van der Waals surface area contributed by atoms with Crippen LogP contribution in [0.2, 0.25) is 0 Å². The minimum Gasteiger partial charge on any atom is -0.872 e. The Labute approximate surface area is 668 Å². The van der Waals surface area contributed by atoms with E-state index < -0.39 is 17.9 Å². The van der Waals surface area contributed by atoms with E-state index in [0.717, 1.165) is 52.0 Å². The van der Waals surface area contributed by atoms with E-state index in [0.29, 0.717) is 16.7 Å². The second-order valence-electron chi connectivity index (χ2n) is 27.3. The minimum absolute atomic E-state index is 0. The van der Waals surface area contributed by atoms with Gasteiger partial charge in [-0.1, -0.05) is 270 Å². The normalized spacial score (nSPS) is 13.6. The quantitative estimate of drug-likeness (QED) is 0.0188. The van der Waals surface area contributed by atoms with Crippen molar-refractivity contribution in [2.45, 2.75) is 163 Å². The molecule has 0 saturated heterocycles. The van der Waals surface area contributed by atoms with E-state index in [2.05, 4.69) is 173 Å². The van der Waals surface area contributed by atoms with Crippen LogP contribution in [0.5, 0.6) is 11.5 Å². The molecule has 0 atom stereocenters. The Morgan fingerprint density at radius 1 is 0.420 bits per heavy atom. The fourth-order valence-electron chi connectivity index (χ4n) is 11.9. The predicted molar refractivity (Wildman–Crippen MR) is 446 cm³/mol. The van der Waals surface area contributed by atoms with Gasteiger partial charge in [-0.3, -0.25) is 0 Å². The first-order chi connectivity index (χ1) is 53.4. The van der Waals surface area contributed by atoms with Crippen molar-refractivity contribution in [2.75, 3.05) is 66.6 Å². The molecule has 0 spiro atoms. The molecule has 0 fully saturated rings. The second-order valence-corrected chi connectivity index (χ2v) is 27.3. The second kappa shape index (κ2) is 57.1. The highest BCUT2D eigenvalue weighted by Crippen LogP contribution is 2.20. The highest BCUT2D eigenvalue weighted by molar-refractivity contribution is 5.97. The van der Waals surface area contributed by atoms with Crippen LogP contribution in [0, 0.1) is 40.9 Å². The molecule has 0 aliphatic carbocycles. The molecular formula is C91H120N13O8-3. The molecule has 0 bridgehead atoms. The average molecular weight is 1520 g/mol. The molecule has 5 aliphatic rings. The summed E-state index contributed by atoms with van der Waals surface area (Å²) in [5, 5.41) is 77.3. The molecule has 5 heterocycles. The van der Waals surface area contributed by atoms with Gasteiger partial charge in [0.05, 0.1) is 44.9 Å². The number of rotatable bonds is 38. The molecule has 21 nitrogen and oxygen atoms in total. The average Bonchev–Trinajstić information content (AvgIpc) is 1.85. The summed E-state index contributed by atoms with van der Waals surface area (Å²) in [6.07, 6.45) is 56.6. The van der Waals surface area contributed by atoms with Crippen LogP contribution in [-0.2, 0) is 27.5 Å². The van der Waals surface area contributed by atoms with Gasteiger partial charge in [-0.25, -0.2) is 9.59 Å². The number of carbonyl (C=O) groups is 3. The number of nitriles is 3. The summed E-state index contributed by atoms with van der Waals surface area (Å²) >= 11 is 0. The number of hydrogen-bond donors (Lipinski definition) is 3. The van der Waals surface area contributed by atoms with E-state index >= 15 is 0 Å². The Balaban J connectivity index is 0.000000374. The smallest absolute Gasteiger partial charge is 0.346 e. The fourth-order valence-corrected chi connectivity index (χ4v) is 11.9. The number of hydrogen-bond acceptors (Lipinski definition) is 19. The molecular weight excluding hydrogens is 1400 g/mol. The van der Waals surface area contributed by atoms with E-state index in [1.807, 2.05) is 50.9 Å². The lowest BCUT2D eigenvalue weighted by molar-refractivity contribution is -0.298. The summed E-state index contributed by atoms with van der Waals surface area (Å²) in [6, 6.07) is 44.4. The van der Waals surface area contributed by atoms with Crippen LogP contribution in [0.3, 0.4) is 0 Å². The van der Waals surface area contributed by atoms with Crippen LogP contribution >= 0.6 is 0 Å². The molecule has 3 N–H and O–H groups in total. The van der Waals surface area contributed by atoms with Crippen LogP contribution in [0.15, 0.2) is 238 Å². The van der Waals surface area contributed by atoms with E-state index in [-0.39, 0.29) is 43.1 Å². The first kappa shape index (κ1) is 94.2. The highest BCUT2D eigenvalue weighted by atomic mass is 16.4. The zero-order valence-corrected chi connectivity index (χ0v) is 64.4. The van der Waals surface area contributed by atoms with Gasteiger partial charge in [0.1, 0.15) is 29.4 Å². The largest absolute Gasteiger partial charge is 0.872 e. The Morgan fingerprint density at radius 2 is 0.714 bits per heavy atom. The van der Waals surface area contributed by atoms with Crippen molar-refractivity contribution in [3.8, 4) is 29.7 Å². The molecule has 0 unspecified atom stereocenters. The van der Waals surface area contributed by atoms with Crippen LogP contribution in [-0.4, -0.2) is 139 Å². The molecule has 112 heavy (non-hydrogen) atoms. The summed E-state index contributed by atoms with van der Waals surface area (Å²) in [6.45, 7) is 21.3. The zero-order valence-electron chi connectivity index (χ0n) is 64.4. The standard InChI is InChI=1S/C32H46N4.C22H38N4.C11H9NO2.2C10H7NO3.C4H8N2.2CH4/c1(3-5-7-15-21-33-23-25-35(29-33)27-31-17-11-9-12-18-31)2-4-6-8-16-22-34-24-26-36(30-34)28-32-19-13-10-14-20-32;1-3-23-17-19-25(21-23)15-13-11-9-7-5-6-8-10-12-14-16-26-20-18-24(4-2)22-26;1-8-2-4-9(5-3-8)6-10(7-12)11(13)14;2*11-6-8(10(13)14)5-7-1-3-9(12)4-2-7;1-6-3-2-5-4-6;;/h9-14,17-20,23-26H,1-8,15-16,21-22,27-30H2;3-4,17-20H,1-2,5-16,21-22H2;2-6H,1H3,(H,13,14);2*1-5,12H,(H,13,14);2-3,5H,4H2,1H3;2*1H4/p-3. The molecule has 5 aromatic rings. The van der Waals surface area contributed by atoms with Gasteiger partial charge < -0.3 is 79.7 Å². The number of carboxylic acids is 3. The number of nitrogens with zero attached hydrogens (tertiary/aromatic N) is 12. The Morgan fingerprint density at radius 3 is 0.982 bits per heavy atom. The molecule has 10 rings (SSSR count). The molecule has 0 amide bonds. The van der Waals surface area contributed by atoms with Crippen molar-refractivity contribution in [3.05, 3.63) is 271 Å². The van der Waals surface area contributed by atoms with Crippen molar-refractivity contribution in [1.29, 1.82) is 15.8 Å². The van der Waals surface area contributed by atoms with E-state index in [1.54, 1.807) is 30.3 Å². The highest BCUT2D eigenvalue weighted by Gasteiger charge is 2.15. The van der Waals surface area contributed by atoms with E-state index in [4.69, 9.17) is 26.0 Å². The van der Waals surface area contributed by atoms with Crippen LogP contribution < -0.4 is 20.6 Å². The zero-order chi connectivity index (χ0) is 79.2. The van der Waals surface area contributed by atoms with Gasteiger partial charge in [-0.15, -0.1) is 11.5 Å². The molecule has 0 saturated carbocycles.